The fourth-order valence-corrected chi connectivity index (χ4v) is 3.73. The minimum Gasteiger partial charge on any atom is -0.324 e. The normalized spacial score (nSPS) is 7.98. The average Bonchev–Trinajstić information content (AvgIpc) is 3.38. The fraction of sp³-hybridized carbons (Fsp3) is 0.373. The van der Waals surface area contributed by atoms with E-state index in [1.54, 1.807) is 25.3 Å². The number of para-hydroxylation sites is 2. The van der Waals surface area contributed by atoms with Crippen LogP contribution in [0, 0.1) is 13.8 Å². The highest BCUT2D eigenvalue weighted by atomic mass is 127. The van der Waals surface area contributed by atoms with Crippen LogP contribution in [0.1, 0.15) is 146 Å². The zero-order valence-corrected chi connectivity index (χ0v) is 44.6. The lowest BCUT2D eigenvalue weighted by molar-refractivity contribution is 0.112. The molecule has 0 amide bonds. The van der Waals surface area contributed by atoms with Crippen molar-refractivity contribution in [2.24, 2.45) is 10.9 Å². The number of hydrogen-bond acceptors (Lipinski definition) is 13. The molecular formula is C51H87IN12O. The molecule has 13 nitrogen and oxygen atoms in total. The van der Waals surface area contributed by atoms with E-state index >= 15 is 0 Å². The van der Waals surface area contributed by atoms with Crippen LogP contribution in [0.5, 0.6) is 0 Å². The van der Waals surface area contributed by atoms with Crippen LogP contribution in [0.15, 0.2) is 126 Å². The Labute approximate surface area is 412 Å². The molecule has 14 heteroatoms. The van der Waals surface area contributed by atoms with E-state index in [2.05, 4.69) is 56.5 Å². The number of nitrogens with one attached hydrogen (secondary N) is 4. The maximum Gasteiger partial charge on any atom is 0.248 e. The number of nitrogens with zero attached hydrogens (tertiary/aromatic N) is 7. The molecule has 364 valence electrons. The molecule has 0 aliphatic rings. The molecule has 0 atom stereocenters. The van der Waals surface area contributed by atoms with Gasteiger partial charge >= 0.3 is 0 Å². The summed E-state index contributed by atoms with van der Waals surface area (Å²) in [5.41, 5.74) is 8.77. The van der Waals surface area contributed by atoms with Crippen molar-refractivity contribution in [3.05, 3.63) is 144 Å². The van der Waals surface area contributed by atoms with Crippen molar-refractivity contribution in [2.45, 2.75) is 132 Å². The number of carbonyl (C=O) groups is 1. The summed E-state index contributed by atoms with van der Waals surface area (Å²) in [6.45, 7) is 35.6. The first-order valence-corrected chi connectivity index (χ1v) is 22.4. The summed E-state index contributed by atoms with van der Waals surface area (Å²) in [6, 6.07) is 38.3. The van der Waals surface area contributed by atoms with E-state index in [1.165, 1.54) is 0 Å². The number of benzene rings is 4. The van der Waals surface area contributed by atoms with E-state index < -0.39 is 0 Å². The summed E-state index contributed by atoms with van der Waals surface area (Å²) in [6.07, 6.45) is 2.55. The van der Waals surface area contributed by atoms with E-state index in [1.807, 2.05) is 227 Å². The molecule has 0 fully saturated rings. The molecular weight excluding hydrogens is 924 g/mol. The molecule has 0 saturated heterocycles. The molecule has 2 heterocycles. The van der Waals surface area contributed by atoms with Gasteiger partial charge in [-0.05, 0) is 43.7 Å². The van der Waals surface area contributed by atoms with Gasteiger partial charge < -0.3 is 10.6 Å². The number of nitrogens with two attached hydrogens (primary N) is 1. The minimum absolute atomic E-state index is 0. The van der Waals surface area contributed by atoms with Crippen LogP contribution in [0.2, 0.25) is 0 Å². The maximum absolute atomic E-state index is 10.0. The lowest BCUT2D eigenvalue weighted by atomic mass is 10.2. The van der Waals surface area contributed by atoms with E-state index in [-0.39, 0.29) is 31.4 Å². The number of rotatable bonds is 9. The quantitative estimate of drug-likeness (QED) is 0.0304. The van der Waals surface area contributed by atoms with Gasteiger partial charge in [-0.3, -0.25) is 10.2 Å². The number of hydrogen-bond donors (Lipinski definition) is 5. The van der Waals surface area contributed by atoms with Crippen molar-refractivity contribution in [3.63, 3.8) is 0 Å². The molecule has 6 N–H and O–H groups in total. The first kappa shape index (κ1) is 73.5. The van der Waals surface area contributed by atoms with Gasteiger partial charge in [0, 0.05) is 16.9 Å². The van der Waals surface area contributed by atoms with Gasteiger partial charge in [0.2, 0.25) is 23.8 Å². The fourth-order valence-electron chi connectivity index (χ4n) is 3.73. The first-order valence-electron chi connectivity index (χ1n) is 22.4. The van der Waals surface area contributed by atoms with Gasteiger partial charge in [-0.15, -0.1) is 24.0 Å². The predicted molar refractivity (Wildman–Crippen MR) is 299 cm³/mol. The maximum atomic E-state index is 10.0. The predicted octanol–water partition coefficient (Wildman–Crippen LogP) is 15.5. The second-order valence-electron chi connectivity index (χ2n) is 9.50. The van der Waals surface area contributed by atoms with Crippen molar-refractivity contribution in [1.29, 1.82) is 0 Å². The van der Waals surface area contributed by atoms with E-state index in [0.717, 1.165) is 28.8 Å². The zero-order chi connectivity index (χ0) is 49.1. The number of aryl methyl sites for hydroxylation is 2. The SMILES string of the molecule is C.CC.CC.CC.CC.CC.CC.CC.CC.Cc1nc(N/N=C/c2ccccc2)nc(Nc2ccccc2)n1.Cc1nc(NN)nc(Nc2ccccc2)n1.I.O=Cc1ccccc1. The lowest BCUT2D eigenvalue weighted by Gasteiger charge is -2.06. The van der Waals surface area contributed by atoms with Crippen molar-refractivity contribution in [2.75, 3.05) is 21.5 Å². The van der Waals surface area contributed by atoms with Gasteiger partial charge in [-0.2, -0.15) is 35.0 Å². The number of halogens is 1. The van der Waals surface area contributed by atoms with Crippen LogP contribution < -0.4 is 27.3 Å². The molecule has 6 aromatic rings. The number of aldehydes is 1. The molecule has 0 aliphatic heterocycles. The molecule has 0 radical (unpaired) electrons. The summed E-state index contributed by atoms with van der Waals surface area (Å²) >= 11 is 0. The molecule has 0 aliphatic carbocycles. The Balaban J connectivity index is -0.000000140. The number of hydrazine groups is 1. The van der Waals surface area contributed by atoms with Crippen LogP contribution in [-0.2, 0) is 0 Å². The highest BCUT2D eigenvalue weighted by molar-refractivity contribution is 14.0. The lowest BCUT2D eigenvalue weighted by Crippen LogP contribution is -2.13. The van der Waals surface area contributed by atoms with Crippen molar-refractivity contribution < 1.29 is 4.79 Å². The van der Waals surface area contributed by atoms with Gasteiger partial charge in [0.15, 0.2) is 0 Å². The Bertz CT molecular complexity index is 1840. The molecule has 2 aromatic heterocycles. The molecule has 4 aromatic carbocycles. The van der Waals surface area contributed by atoms with Gasteiger partial charge in [0.05, 0.1) is 6.21 Å². The van der Waals surface area contributed by atoms with Crippen molar-refractivity contribution in [1.82, 2.24) is 29.9 Å². The van der Waals surface area contributed by atoms with Gasteiger partial charge in [-0.1, -0.05) is 215 Å². The van der Waals surface area contributed by atoms with Crippen LogP contribution >= 0.6 is 24.0 Å². The van der Waals surface area contributed by atoms with Crippen LogP contribution in [0.3, 0.4) is 0 Å². The molecule has 0 saturated carbocycles. The largest absolute Gasteiger partial charge is 0.324 e. The zero-order valence-electron chi connectivity index (χ0n) is 42.2. The third kappa shape index (κ3) is 39.5. The number of nitrogen functional groups attached to an aromatic ring is 1. The summed E-state index contributed by atoms with van der Waals surface area (Å²) in [4.78, 5) is 35.0. The summed E-state index contributed by atoms with van der Waals surface area (Å²) < 4.78 is 0. The second kappa shape index (κ2) is 58.1. The third-order valence-corrected chi connectivity index (χ3v) is 5.80. The van der Waals surface area contributed by atoms with Crippen molar-refractivity contribution in [3.8, 4) is 0 Å². The van der Waals surface area contributed by atoms with Crippen LogP contribution in [0.4, 0.5) is 35.2 Å². The van der Waals surface area contributed by atoms with Crippen molar-refractivity contribution >= 4 is 71.6 Å². The van der Waals surface area contributed by atoms with Gasteiger partial charge in [0.25, 0.3) is 0 Å². The van der Waals surface area contributed by atoms with Gasteiger partial charge in [-0.25, -0.2) is 11.3 Å². The van der Waals surface area contributed by atoms with Crippen LogP contribution in [-0.4, -0.2) is 42.4 Å². The highest BCUT2D eigenvalue weighted by Gasteiger charge is 2.04. The smallest absolute Gasteiger partial charge is 0.248 e. The first-order chi connectivity index (χ1) is 31.0. The van der Waals surface area contributed by atoms with Gasteiger partial charge in [0.1, 0.15) is 17.9 Å². The Morgan fingerprint density at radius 1 is 0.431 bits per heavy atom. The van der Waals surface area contributed by atoms with E-state index in [4.69, 9.17) is 5.84 Å². The Morgan fingerprint density at radius 2 is 0.723 bits per heavy atom. The Morgan fingerprint density at radius 3 is 1.05 bits per heavy atom. The second-order valence-corrected chi connectivity index (χ2v) is 9.50. The molecule has 65 heavy (non-hydrogen) atoms. The Hall–Kier alpha value is -5.87. The summed E-state index contributed by atoms with van der Waals surface area (Å²) in [7, 11) is 0. The summed E-state index contributed by atoms with van der Waals surface area (Å²) in [5.74, 6) is 8.12. The minimum atomic E-state index is 0. The highest BCUT2D eigenvalue weighted by Crippen LogP contribution is 2.14. The monoisotopic (exact) mass is 1010 g/mol. The standard InChI is InChI=1S/C17H16N6.C10H12N6.C7H6O.8C2H6.CH4.HI/c1-13-19-16(21-15-10-6-3-7-11-15)22-17(20-13)23-18-12-14-8-4-2-5-9-14;1-7-12-9(15-10(13-7)16-11)14-8-5-3-2-4-6-8;8-6-7-4-2-1-3-5-7;8*1-2;;/h2-12H,1H3,(H2,19,20,21,22,23);2-6H,11H2,1H3,(H2,12,13,14,15,16);1-6H;8*1-2H3;1H4;1H/b18-12+;;;;;;;;;;;;. The molecule has 0 spiro atoms. The van der Waals surface area contributed by atoms with E-state index in [9.17, 15) is 4.79 Å². The summed E-state index contributed by atoms with van der Waals surface area (Å²) in [5, 5.41) is 10.3. The van der Waals surface area contributed by atoms with Crippen LogP contribution in [0.25, 0.3) is 0 Å². The molecule has 6 rings (SSSR count). The third-order valence-electron chi connectivity index (χ3n) is 5.80. The topological polar surface area (TPSA) is 181 Å². The van der Waals surface area contributed by atoms with E-state index in [0.29, 0.717) is 35.4 Å². The number of hydrazone groups is 1. The number of carbonyl (C=O) groups excluding carboxylic acids is 1. The Kier molecular flexibility index (Phi) is 65.8. The molecule has 0 unspecified atom stereocenters. The number of anilines is 6. The molecule has 0 bridgehead atoms. The average molecular weight is 1010 g/mol. The number of aromatic nitrogens is 6.